The predicted octanol–water partition coefficient (Wildman–Crippen LogP) is 0.438. The molecule has 0 spiro atoms. The molecular formula is C16H24N4O5. The van der Waals surface area contributed by atoms with Gasteiger partial charge in [-0.25, -0.2) is 9.59 Å². The molecule has 1 aliphatic rings. The zero-order valence-electron chi connectivity index (χ0n) is 14.1. The number of primary amides is 1. The Morgan fingerprint density at radius 2 is 1.60 bits per heavy atom. The van der Waals surface area contributed by atoms with Crippen LogP contribution in [0, 0.1) is 0 Å². The highest BCUT2D eigenvalue weighted by Crippen LogP contribution is 2.06. The first-order chi connectivity index (χ1) is 11.8. The normalized spacial score (nSPS) is 14.8. The van der Waals surface area contributed by atoms with E-state index in [4.69, 9.17) is 21.3 Å². The molecule has 1 aliphatic heterocycles. The number of aliphatic carboxylic acids is 1. The van der Waals surface area contributed by atoms with E-state index in [1.807, 2.05) is 30.3 Å². The first kappa shape index (κ1) is 20.2. The summed E-state index contributed by atoms with van der Waals surface area (Å²) in [6.45, 7) is 3.50. The van der Waals surface area contributed by atoms with E-state index in [1.54, 1.807) is 4.90 Å². The quantitative estimate of drug-likeness (QED) is 0.721. The zero-order valence-corrected chi connectivity index (χ0v) is 14.1. The molecule has 2 rings (SSSR count). The second-order valence-electron chi connectivity index (χ2n) is 5.48. The Morgan fingerprint density at radius 3 is 2.04 bits per heavy atom. The van der Waals surface area contributed by atoms with E-state index < -0.39 is 18.0 Å². The summed E-state index contributed by atoms with van der Waals surface area (Å²) in [4.78, 5) is 35.4. The number of carboxylic acids is 1. The van der Waals surface area contributed by atoms with Crippen LogP contribution >= 0.6 is 0 Å². The standard InChI is InChI=1S/C13H17N3O3.C3H7NO2/c14-12(17)15-6-8-16(9-7-15)13(18)19-10-11-4-2-1-3-5-11;1-2(4)3(5)6/h1-5H,6-10H2,(H2,14,17);2H,4H2,1H3,(H,5,6)/t;2-/m.0/s1. The fourth-order valence-corrected chi connectivity index (χ4v) is 1.92. The third kappa shape index (κ3) is 7.53. The Morgan fingerprint density at radius 1 is 1.12 bits per heavy atom. The number of benzene rings is 1. The number of carbonyl (C=O) groups excluding carboxylic acids is 2. The van der Waals surface area contributed by atoms with Crippen LogP contribution in [0.15, 0.2) is 30.3 Å². The minimum absolute atomic E-state index is 0.260. The number of carbonyl (C=O) groups is 3. The van der Waals surface area contributed by atoms with Crippen LogP contribution in [0.1, 0.15) is 12.5 Å². The Bertz CT molecular complexity index is 571. The Hall–Kier alpha value is -2.81. The van der Waals surface area contributed by atoms with Crippen LogP contribution in [0.25, 0.3) is 0 Å². The van der Waals surface area contributed by atoms with Gasteiger partial charge in [-0.3, -0.25) is 4.79 Å². The van der Waals surface area contributed by atoms with Gasteiger partial charge in [0.25, 0.3) is 0 Å². The second kappa shape index (κ2) is 10.1. The van der Waals surface area contributed by atoms with Gasteiger partial charge in [-0.2, -0.15) is 0 Å². The highest BCUT2D eigenvalue weighted by atomic mass is 16.6. The number of nitrogens with zero attached hydrogens (tertiary/aromatic N) is 2. The SMILES string of the molecule is C[C@H](N)C(=O)O.NC(=O)N1CCN(C(=O)OCc2ccccc2)CC1. The van der Waals surface area contributed by atoms with Gasteiger partial charge in [-0.15, -0.1) is 0 Å². The molecule has 0 aromatic heterocycles. The van der Waals surface area contributed by atoms with Crippen molar-refractivity contribution in [1.82, 2.24) is 9.80 Å². The van der Waals surface area contributed by atoms with Crippen molar-refractivity contribution in [3.63, 3.8) is 0 Å². The summed E-state index contributed by atoms with van der Waals surface area (Å²) in [6, 6.07) is 8.33. The van der Waals surface area contributed by atoms with Gasteiger partial charge in [0.2, 0.25) is 0 Å². The number of amides is 3. The predicted molar refractivity (Wildman–Crippen MR) is 90.6 cm³/mol. The average molecular weight is 352 g/mol. The van der Waals surface area contributed by atoms with Gasteiger partial charge in [0.1, 0.15) is 12.6 Å². The first-order valence-corrected chi connectivity index (χ1v) is 7.79. The molecule has 1 atom stereocenters. The number of piperazine rings is 1. The maximum Gasteiger partial charge on any atom is 0.410 e. The first-order valence-electron chi connectivity index (χ1n) is 7.79. The van der Waals surface area contributed by atoms with E-state index in [2.05, 4.69) is 0 Å². The molecule has 25 heavy (non-hydrogen) atoms. The molecule has 1 heterocycles. The molecule has 9 heteroatoms. The van der Waals surface area contributed by atoms with E-state index in [1.165, 1.54) is 11.8 Å². The maximum absolute atomic E-state index is 11.8. The van der Waals surface area contributed by atoms with Gasteiger partial charge in [0.15, 0.2) is 0 Å². The molecule has 5 N–H and O–H groups in total. The molecule has 1 aromatic rings. The summed E-state index contributed by atoms with van der Waals surface area (Å²) in [6.07, 6.45) is -0.354. The van der Waals surface area contributed by atoms with Crippen LogP contribution in [0.3, 0.4) is 0 Å². The lowest BCUT2D eigenvalue weighted by atomic mass is 10.2. The van der Waals surface area contributed by atoms with Crippen LogP contribution in [0.4, 0.5) is 9.59 Å². The Balaban J connectivity index is 0.000000450. The molecule has 0 saturated carbocycles. The lowest BCUT2D eigenvalue weighted by molar-refractivity contribution is -0.138. The fraction of sp³-hybridized carbons (Fsp3) is 0.438. The van der Waals surface area contributed by atoms with Crippen molar-refractivity contribution in [1.29, 1.82) is 0 Å². The van der Waals surface area contributed by atoms with Crippen molar-refractivity contribution in [2.75, 3.05) is 26.2 Å². The number of urea groups is 1. The van der Waals surface area contributed by atoms with E-state index >= 15 is 0 Å². The lowest BCUT2D eigenvalue weighted by Crippen LogP contribution is -2.52. The van der Waals surface area contributed by atoms with E-state index in [0.29, 0.717) is 26.2 Å². The second-order valence-corrected chi connectivity index (χ2v) is 5.48. The van der Waals surface area contributed by atoms with Gasteiger partial charge in [0.05, 0.1) is 0 Å². The maximum atomic E-state index is 11.8. The number of carboxylic acid groups (broad SMARTS) is 1. The molecule has 0 unspecified atom stereocenters. The summed E-state index contributed by atoms with van der Waals surface area (Å²) in [5, 5.41) is 7.87. The van der Waals surface area contributed by atoms with Crippen LogP contribution < -0.4 is 11.5 Å². The minimum atomic E-state index is -0.963. The summed E-state index contributed by atoms with van der Waals surface area (Å²) < 4.78 is 5.22. The van der Waals surface area contributed by atoms with Gasteiger partial charge in [-0.1, -0.05) is 30.3 Å². The van der Waals surface area contributed by atoms with Crippen molar-refractivity contribution in [2.45, 2.75) is 19.6 Å². The number of nitrogens with two attached hydrogens (primary N) is 2. The zero-order chi connectivity index (χ0) is 18.8. The smallest absolute Gasteiger partial charge is 0.410 e. The van der Waals surface area contributed by atoms with Crippen molar-refractivity contribution in [3.8, 4) is 0 Å². The third-order valence-electron chi connectivity index (χ3n) is 3.44. The topological polar surface area (TPSA) is 139 Å². The highest BCUT2D eigenvalue weighted by molar-refractivity contribution is 5.73. The number of hydrogen-bond donors (Lipinski definition) is 3. The minimum Gasteiger partial charge on any atom is -0.480 e. The van der Waals surface area contributed by atoms with Crippen molar-refractivity contribution in [3.05, 3.63) is 35.9 Å². The van der Waals surface area contributed by atoms with E-state index in [9.17, 15) is 14.4 Å². The van der Waals surface area contributed by atoms with Crippen molar-refractivity contribution < 1.29 is 24.2 Å². The number of hydrogen-bond acceptors (Lipinski definition) is 5. The summed E-state index contributed by atoms with van der Waals surface area (Å²) >= 11 is 0. The summed E-state index contributed by atoms with van der Waals surface area (Å²) in [7, 11) is 0. The van der Waals surface area contributed by atoms with Crippen LogP contribution in [-0.4, -0.2) is 65.2 Å². The van der Waals surface area contributed by atoms with Crippen LogP contribution in [0.2, 0.25) is 0 Å². The van der Waals surface area contributed by atoms with Gasteiger partial charge in [0, 0.05) is 26.2 Å². The van der Waals surface area contributed by atoms with Gasteiger partial charge in [-0.05, 0) is 12.5 Å². The molecule has 1 aromatic carbocycles. The molecule has 1 saturated heterocycles. The van der Waals surface area contributed by atoms with Crippen LogP contribution in [-0.2, 0) is 16.1 Å². The van der Waals surface area contributed by atoms with Gasteiger partial charge >= 0.3 is 18.1 Å². The van der Waals surface area contributed by atoms with E-state index in [0.717, 1.165) is 5.56 Å². The molecular weight excluding hydrogens is 328 g/mol. The molecule has 138 valence electrons. The van der Waals surface area contributed by atoms with Crippen molar-refractivity contribution in [2.24, 2.45) is 11.5 Å². The average Bonchev–Trinajstić information content (AvgIpc) is 2.61. The molecule has 0 radical (unpaired) electrons. The Kier molecular flexibility index (Phi) is 8.21. The largest absolute Gasteiger partial charge is 0.480 e. The number of rotatable bonds is 3. The molecule has 3 amide bonds. The van der Waals surface area contributed by atoms with Crippen LogP contribution in [0.5, 0.6) is 0 Å². The fourth-order valence-electron chi connectivity index (χ4n) is 1.92. The summed E-state index contributed by atoms with van der Waals surface area (Å²) in [5.41, 5.74) is 11.0. The van der Waals surface area contributed by atoms with Gasteiger partial charge < -0.3 is 31.1 Å². The summed E-state index contributed by atoms with van der Waals surface area (Å²) in [5.74, 6) is -0.963. The molecule has 0 aliphatic carbocycles. The lowest BCUT2D eigenvalue weighted by Gasteiger charge is -2.32. The monoisotopic (exact) mass is 352 g/mol. The van der Waals surface area contributed by atoms with Crippen molar-refractivity contribution >= 4 is 18.1 Å². The third-order valence-corrected chi connectivity index (χ3v) is 3.44. The highest BCUT2D eigenvalue weighted by Gasteiger charge is 2.23. The number of ether oxygens (including phenoxy) is 1. The molecule has 0 bridgehead atoms. The molecule has 9 nitrogen and oxygen atoms in total. The van der Waals surface area contributed by atoms with E-state index in [-0.39, 0.29) is 12.7 Å². The molecule has 1 fully saturated rings. The Labute approximate surface area is 146 Å².